The molecule has 0 aromatic rings. The van der Waals surface area contributed by atoms with Crippen LogP contribution < -0.4 is 0 Å². The second-order valence-corrected chi connectivity index (χ2v) is 2.28. The maximum atomic E-state index is 8.95. The Balaban J connectivity index is 3.16. The Morgan fingerprint density at radius 3 is 2.33 bits per heavy atom. The second kappa shape index (κ2) is 4.77. The molecule has 1 radical (unpaired) electrons. The van der Waals surface area contributed by atoms with Crippen molar-refractivity contribution in [3.8, 4) is 0 Å². The molecule has 2 atom stereocenters. The van der Waals surface area contributed by atoms with E-state index >= 15 is 0 Å². The van der Waals surface area contributed by atoms with Crippen molar-refractivity contribution in [1.82, 2.24) is 0 Å². The molecule has 9 heavy (non-hydrogen) atoms. The van der Waals surface area contributed by atoms with Gasteiger partial charge in [-0.3, -0.25) is 0 Å². The van der Waals surface area contributed by atoms with Crippen molar-refractivity contribution < 1.29 is 10.2 Å². The van der Waals surface area contributed by atoms with Gasteiger partial charge in [0.2, 0.25) is 0 Å². The van der Waals surface area contributed by atoms with Gasteiger partial charge in [0.25, 0.3) is 0 Å². The molecule has 0 bridgehead atoms. The van der Waals surface area contributed by atoms with Gasteiger partial charge in [0.15, 0.2) is 0 Å². The number of rotatable bonds is 4. The highest BCUT2D eigenvalue weighted by atomic mass is 16.3. The minimum Gasteiger partial charge on any atom is -0.390 e. The van der Waals surface area contributed by atoms with Gasteiger partial charge >= 0.3 is 0 Å². The van der Waals surface area contributed by atoms with E-state index in [2.05, 4.69) is 6.92 Å². The van der Waals surface area contributed by atoms with Crippen LogP contribution in [0.1, 0.15) is 26.2 Å². The van der Waals surface area contributed by atoms with Crippen LogP contribution in [-0.2, 0) is 0 Å². The lowest BCUT2D eigenvalue weighted by molar-refractivity contribution is 0.0401. The van der Waals surface area contributed by atoms with Crippen LogP contribution >= 0.6 is 0 Å². The lowest BCUT2D eigenvalue weighted by Crippen LogP contribution is -2.22. The average Bonchev–Trinajstić information content (AvgIpc) is 1.82. The van der Waals surface area contributed by atoms with Gasteiger partial charge < -0.3 is 10.2 Å². The fourth-order valence-electron chi connectivity index (χ4n) is 0.606. The number of hydrogen-bond donors (Lipinski definition) is 2. The molecule has 2 nitrogen and oxygen atoms in total. The molecule has 0 saturated heterocycles. The van der Waals surface area contributed by atoms with Gasteiger partial charge in [-0.1, -0.05) is 19.8 Å². The van der Waals surface area contributed by atoms with Crippen molar-refractivity contribution >= 4 is 0 Å². The normalized spacial score (nSPS) is 17.3. The zero-order valence-corrected chi connectivity index (χ0v) is 5.88. The summed E-state index contributed by atoms with van der Waals surface area (Å²) in [6.07, 6.45) is 1.19. The third kappa shape index (κ3) is 4.43. The zero-order valence-electron chi connectivity index (χ0n) is 5.88. The summed E-state index contributed by atoms with van der Waals surface area (Å²) in [5.74, 6) is 0. The van der Waals surface area contributed by atoms with Gasteiger partial charge in [-0.2, -0.15) is 0 Å². The van der Waals surface area contributed by atoms with Gasteiger partial charge in [0, 0.05) is 0 Å². The zero-order chi connectivity index (χ0) is 7.28. The van der Waals surface area contributed by atoms with Crippen molar-refractivity contribution in [1.29, 1.82) is 0 Å². The summed E-state index contributed by atoms with van der Waals surface area (Å²) < 4.78 is 0. The first-order chi connectivity index (χ1) is 4.18. The number of aliphatic hydroxyl groups is 2. The van der Waals surface area contributed by atoms with Crippen LogP contribution in [0.25, 0.3) is 0 Å². The molecule has 2 N–H and O–H groups in total. The van der Waals surface area contributed by atoms with E-state index in [1.807, 2.05) is 6.92 Å². The molecular weight excluding hydrogens is 116 g/mol. The molecule has 0 aromatic heterocycles. The Bertz CT molecular complexity index is 61.9. The van der Waals surface area contributed by atoms with E-state index in [0.717, 1.165) is 12.8 Å². The molecule has 0 heterocycles. The highest BCUT2D eigenvalue weighted by Gasteiger charge is 2.08. The molecule has 2 unspecified atom stereocenters. The molecule has 0 amide bonds. The highest BCUT2D eigenvalue weighted by Crippen LogP contribution is 2.02. The SMILES string of the molecule is [CH2]C(O)C(O)CCCC. The van der Waals surface area contributed by atoms with E-state index < -0.39 is 12.2 Å². The highest BCUT2D eigenvalue weighted by molar-refractivity contribution is 4.67. The second-order valence-electron chi connectivity index (χ2n) is 2.28. The van der Waals surface area contributed by atoms with Crippen LogP contribution in [0, 0.1) is 6.92 Å². The molecule has 0 fully saturated rings. The first-order valence-corrected chi connectivity index (χ1v) is 3.37. The minimum atomic E-state index is -0.823. The molecule has 55 valence electrons. The van der Waals surface area contributed by atoms with Gasteiger partial charge in [-0.15, -0.1) is 0 Å². The summed E-state index contributed by atoms with van der Waals surface area (Å²) in [6, 6.07) is 0. The Kier molecular flexibility index (Phi) is 4.72. The maximum Gasteiger partial charge on any atom is 0.0800 e. The van der Waals surface area contributed by atoms with E-state index in [0.29, 0.717) is 6.42 Å². The lowest BCUT2D eigenvalue weighted by Gasteiger charge is -2.11. The van der Waals surface area contributed by atoms with Crippen molar-refractivity contribution in [2.24, 2.45) is 0 Å². The fourth-order valence-corrected chi connectivity index (χ4v) is 0.606. The van der Waals surface area contributed by atoms with Gasteiger partial charge in [0.1, 0.15) is 0 Å². The molecule has 0 aliphatic rings. The monoisotopic (exact) mass is 131 g/mol. The van der Waals surface area contributed by atoms with Gasteiger partial charge in [0.05, 0.1) is 12.2 Å². The third-order valence-corrected chi connectivity index (χ3v) is 1.30. The molecular formula is C7H15O2. The summed E-state index contributed by atoms with van der Waals surface area (Å²) in [6.45, 7) is 5.34. The Labute approximate surface area is 56.5 Å². The first-order valence-electron chi connectivity index (χ1n) is 3.37. The summed E-state index contributed by atoms with van der Waals surface area (Å²) in [4.78, 5) is 0. The minimum absolute atomic E-state index is 0.634. The van der Waals surface area contributed by atoms with E-state index in [9.17, 15) is 0 Å². The van der Waals surface area contributed by atoms with Crippen molar-refractivity contribution in [2.75, 3.05) is 0 Å². The summed E-state index contributed by atoms with van der Waals surface area (Å²) in [5.41, 5.74) is 0. The van der Waals surface area contributed by atoms with Crippen LogP contribution in [0.15, 0.2) is 0 Å². The Morgan fingerprint density at radius 2 is 2.00 bits per heavy atom. The quantitative estimate of drug-likeness (QED) is 0.590. The van der Waals surface area contributed by atoms with Crippen molar-refractivity contribution in [2.45, 2.75) is 38.4 Å². The molecule has 0 aromatic carbocycles. The standard InChI is InChI=1S/C7H15O2/c1-3-4-5-7(9)6(2)8/h6-9H,2-5H2,1H3. The van der Waals surface area contributed by atoms with E-state index in [1.54, 1.807) is 0 Å². The maximum absolute atomic E-state index is 8.95. The molecule has 0 rings (SSSR count). The van der Waals surface area contributed by atoms with Crippen LogP contribution in [0.3, 0.4) is 0 Å². The number of aliphatic hydroxyl groups excluding tert-OH is 2. The third-order valence-electron chi connectivity index (χ3n) is 1.30. The fraction of sp³-hybridized carbons (Fsp3) is 0.857. The van der Waals surface area contributed by atoms with E-state index in [4.69, 9.17) is 10.2 Å². The Hall–Kier alpha value is -0.0800. The molecule has 0 spiro atoms. The predicted octanol–water partition coefficient (Wildman–Crippen LogP) is 0.732. The lowest BCUT2D eigenvalue weighted by atomic mass is 10.1. The predicted molar refractivity (Wildman–Crippen MR) is 36.9 cm³/mol. The molecule has 0 aliphatic carbocycles. The summed E-state index contributed by atoms with van der Waals surface area (Å²) in [5, 5.41) is 17.6. The van der Waals surface area contributed by atoms with Crippen LogP contribution in [0.5, 0.6) is 0 Å². The van der Waals surface area contributed by atoms with E-state index in [1.165, 1.54) is 0 Å². The van der Waals surface area contributed by atoms with Gasteiger partial charge in [-0.05, 0) is 13.3 Å². The van der Waals surface area contributed by atoms with Gasteiger partial charge in [-0.25, -0.2) is 0 Å². The van der Waals surface area contributed by atoms with E-state index in [-0.39, 0.29) is 0 Å². The summed E-state index contributed by atoms with van der Waals surface area (Å²) >= 11 is 0. The Morgan fingerprint density at radius 1 is 1.44 bits per heavy atom. The largest absolute Gasteiger partial charge is 0.390 e. The first kappa shape index (κ1) is 8.92. The number of hydrogen-bond acceptors (Lipinski definition) is 2. The van der Waals surface area contributed by atoms with Crippen LogP contribution in [0.4, 0.5) is 0 Å². The molecule has 0 aliphatic heterocycles. The topological polar surface area (TPSA) is 40.5 Å². The summed E-state index contributed by atoms with van der Waals surface area (Å²) in [7, 11) is 0. The number of unbranched alkanes of at least 4 members (excludes halogenated alkanes) is 1. The average molecular weight is 131 g/mol. The van der Waals surface area contributed by atoms with Crippen LogP contribution in [-0.4, -0.2) is 22.4 Å². The smallest absolute Gasteiger partial charge is 0.0800 e. The van der Waals surface area contributed by atoms with Crippen molar-refractivity contribution in [3.63, 3.8) is 0 Å². The van der Waals surface area contributed by atoms with Crippen LogP contribution in [0.2, 0.25) is 0 Å². The van der Waals surface area contributed by atoms with Crippen molar-refractivity contribution in [3.05, 3.63) is 6.92 Å². The molecule has 0 saturated carbocycles. The molecule has 2 heteroatoms.